The van der Waals surface area contributed by atoms with Gasteiger partial charge in [0.15, 0.2) is 16.4 Å². The van der Waals surface area contributed by atoms with E-state index in [0.717, 1.165) is 16.0 Å². The van der Waals surface area contributed by atoms with Crippen molar-refractivity contribution in [1.82, 2.24) is 0 Å². The lowest BCUT2D eigenvalue weighted by Crippen LogP contribution is -2.22. The zero-order valence-electron chi connectivity index (χ0n) is 19.3. The maximum atomic E-state index is 12.4. The quantitative estimate of drug-likeness (QED) is 0.401. The van der Waals surface area contributed by atoms with Crippen LogP contribution in [0.2, 0.25) is 0 Å². The van der Waals surface area contributed by atoms with Crippen molar-refractivity contribution in [2.75, 3.05) is 24.3 Å². The number of nitrogens with one attached hydrogen (secondary N) is 1. The Morgan fingerprint density at radius 2 is 1.66 bits per heavy atom. The van der Waals surface area contributed by atoms with E-state index in [2.05, 4.69) is 5.32 Å². The highest BCUT2D eigenvalue weighted by Crippen LogP contribution is 2.35. The Morgan fingerprint density at radius 3 is 2.31 bits per heavy atom. The van der Waals surface area contributed by atoms with Gasteiger partial charge in [0, 0.05) is 4.88 Å². The van der Waals surface area contributed by atoms with E-state index in [4.69, 9.17) is 9.47 Å². The van der Waals surface area contributed by atoms with Gasteiger partial charge in [-0.1, -0.05) is 48.0 Å². The molecular formula is C25H25NO7S2. The van der Waals surface area contributed by atoms with Crippen molar-refractivity contribution in [3.63, 3.8) is 0 Å². The highest BCUT2D eigenvalue weighted by Gasteiger charge is 2.21. The summed E-state index contributed by atoms with van der Waals surface area (Å²) in [6.07, 6.45) is -0.395. The molecule has 0 saturated carbocycles. The van der Waals surface area contributed by atoms with Crippen molar-refractivity contribution in [2.45, 2.75) is 25.2 Å². The molecule has 1 N–H and O–H groups in total. The average molecular weight is 516 g/mol. The molecule has 0 fully saturated rings. The molecule has 1 amide bonds. The van der Waals surface area contributed by atoms with Gasteiger partial charge in [-0.2, -0.15) is 0 Å². The lowest BCUT2D eigenvalue weighted by atomic mass is 10.2. The van der Waals surface area contributed by atoms with E-state index in [1.807, 2.05) is 37.3 Å². The summed E-state index contributed by atoms with van der Waals surface area (Å²) in [5.41, 5.74) is 2.03. The highest BCUT2D eigenvalue weighted by atomic mass is 32.2. The van der Waals surface area contributed by atoms with E-state index in [-0.39, 0.29) is 22.1 Å². The van der Waals surface area contributed by atoms with Crippen LogP contribution in [0.15, 0.2) is 65.6 Å². The molecule has 0 atom stereocenters. The van der Waals surface area contributed by atoms with Crippen molar-refractivity contribution in [1.29, 1.82) is 0 Å². The Hall–Kier alpha value is -3.50. The van der Waals surface area contributed by atoms with Gasteiger partial charge >= 0.3 is 11.9 Å². The summed E-state index contributed by atoms with van der Waals surface area (Å²) in [7, 11) is -3.65. The summed E-state index contributed by atoms with van der Waals surface area (Å²) in [4.78, 5) is 37.9. The third-order valence-electron chi connectivity index (χ3n) is 4.84. The number of anilines is 1. The molecule has 0 spiro atoms. The first-order chi connectivity index (χ1) is 16.7. The molecule has 8 nitrogen and oxygen atoms in total. The standard InChI is InChI=1S/C25H25NO7S2/c1-3-32-25(29)24-20(15-21(34-24)18-7-5-4-6-8-18)26-22(27)16-33-23(28)13-14-35(30,31)19-11-9-17(2)10-12-19/h4-12,15H,3,13-14,16H2,1-2H3,(H,26,27). The van der Waals surface area contributed by atoms with Gasteiger partial charge in [-0.15, -0.1) is 11.3 Å². The number of amides is 1. The Morgan fingerprint density at radius 1 is 0.971 bits per heavy atom. The molecule has 184 valence electrons. The molecule has 0 radical (unpaired) electrons. The zero-order chi connectivity index (χ0) is 25.4. The van der Waals surface area contributed by atoms with Crippen molar-refractivity contribution >= 4 is 44.7 Å². The van der Waals surface area contributed by atoms with Crippen LogP contribution in [0.5, 0.6) is 0 Å². The minimum Gasteiger partial charge on any atom is -0.462 e. The predicted octanol–water partition coefficient (Wildman–Crippen LogP) is 4.25. The molecule has 35 heavy (non-hydrogen) atoms. The summed E-state index contributed by atoms with van der Waals surface area (Å²) in [6, 6.07) is 17.3. The topological polar surface area (TPSA) is 116 Å². The van der Waals surface area contributed by atoms with E-state index in [1.54, 1.807) is 25.1 Å². The third-order valence-corrected chi connectivity index (χ3v) is 7.74. The smallest absolute Gasteiger partial charge is 0.350 e. The highest BCUT2D eigenvalue weighted by molar-refractivity contribution is 7.91. The van der Waals surface area contributed by atoms with Crippen LogP contribution < -0.4 is 5.32 Å². The molecule has 0 aliphatic carbocycles. The van der Waals surface area contributed by atoms with Crippen LogP contribution in [0.3, 0.4) is 0 Å². The summed E-state index contributed by atoms with van der Waals surface area (Å²) in [6.45, 7) is 3.07. The van der Waals surface area contributed by atoms with Crippen molar-refractivity contribution in [3.8, 4) is 10.4 Å². The van der Waals surface area contributed by atoms with Crippen LogP contribution in [0.4, 0.5) is 5.69 Å². The van der Waals surface area contributed by atoms with E-state index in [1.165, 1.54) is 23.5 Å². The second kappa shape index (κ2) is 11.8. The lowest BCUT2D eigenvalue weighted by Gasteiger charge is -2.08. The summed E-state index contributed by atoms with van der Waals surface area (Å²) in [5.74, 6) is -2.50. The van der Waals surface area contributed by atoms with Gasteiger partial charge in [0.1, 0.15) is 4.88 Å². The predicted molar refractivity (Wildman–Crippen MR) is 133 cm³/mol. The van der Waals surface area contributed by atoms with Crippen LogP contribution in [-0.4, -0.2) is 45.2 Å². The van der Waals surface area contributed by atoms with Crippen molar-refractivity contribution in [2.24, 2.45) is 0 Å². The number of sulfone groups is 1. The van der Waals surface area contributed by atoms with E-state index < -0.39 is 46.5 Å². The van der Waals surface area contributed by atoms with Gasteiger partial charge in [-0.3, -0.25) is 9.59 Å². The summed E-state index contributed by atoms with van der Waals surface area (Å²) in [5, 5.41) is 2.57. The minimum absolute atomic E-state index is 0.117. The fourth-order valence-corrected chi connectivity index (χ4v) is 5.30. The molecule has 3 rings (SSSR count). The Bertz CT molecular complexity index is 1300. The van der Waals surface area contributed by atoms with E-state index >= 15 is 0 Å². The maximum Gasteiger partial charge on any atom is 0.350 e. The first kappa shape index (κ1) is 26.1. The van der Waals surface area contributed by atoms with Gasteiger partial charge < -0.3 is 14.8 Å². The Labute approximate surface area is 207 Å². The number of ether oxygens (including phenoxy) is 2. The number of carbonyl (C=O) groups excluding carboxylic acids is 3. The Kier molecular flexibility index (Phi) is 8.78. The average Bonchev–Trinajstić information content (AvgIpc) is 3.26. The number of hydrogen-bond donors (Lipinski definition) is 1. The van der Waals surface area contributed by atoms with Crippen LogP contribution in [0.25, 0.3) is 10.4 Å². The van der Waals surface area contributed by atoms with Gasteiger partial charge in [-0.25, -0.2) is 13.2 Å². The van der Waals surface area contributed by atoms with E-state index in [9.17, 15) is 22.8 Å². The molecule has 0 bridgehead atoms. The third kappa shape index (κ3) is 7.24. The fraction of sp³-hybridized carbons (Fsp3) is 0.240. The number of esters is 2. The summed E-state index contributed by atoms with van der Waals surface area (Å²) < 4.78 is 34.8. The van der Waals surface area contributed by atoms with Gasteiger partial charge in [0.2, 0.25) is 0 Å². The second-order valence-electron chi connectivity index (χ2n) is 7.53. The lowest BCUT2D eigenvalue weighted by molar-refractivity contribution is -0.146. The van der Waals surface area contributed by atoms with Gasteiger partial charge in [0.25, 0.3) is 5.91 Å². The molecular weight excluding hydrogens is 490 g/mol. The Balaban J connectivity index is 1.59. The largest absolute Gasteiger partial charge is 0.462 e. The molecule has 2 aromatic carbocycles. The minimum atomic E-state index is -3.65. The molecule has 1 aromatic heterocycles. The first-order valence-electron chi connectivity index (χ1n) is 10.8. The normalized spacial score (nSPS) is 11.0. The van der Waals surface area contributed by atoms with Crippen LogP contribution in [-0.2, 0) is 28.9 Å². The maximum absolute atomic E-state index is 12.4. The number of thiophene rings is 1. The number of carbonyl (C=O) groups is 3. The monoisotopic (exact) mass is 515 g/mol. The molecule has 1 heterocycles. The SMILES string of the molecule is CCOC(=O)c1sc(-c2ccccc2)cc1NC(=O)COC(=O)CCS(=O)(=O)c1ccc(C)cc1. The number of rotatable bonds is 10. The number of hydrogen-bond acceptors (Lipinski definition) is 8. The van der Waals surface area contributed by atoms with Gasteiger partial charge in [-0.05, 0) is 37.6 Å². The van der Waals surface area contributed by atoms with Crippen molar-refractivity contribution in [3.05, 3.63) is 71.1 Å². The van der Waals surface area contributed by atoms with Crippen LogP contribution in [0, 0.1) is 6.92 Å². The summed E-state index contributed by atoms with van der Waals surface area (Å²) >= 11 is 1.17. The molecule has 0 saturated heterocycles. The van der Waals surface area contributed by atoms with E-state index in [0.29, 0.717) is 0 Å². The zero-order valence-corrected chi connectivity index (χ0v) is 20.9. The number of aryl methyl sites for hydroxylation is 1. The second-order valence-corrected chi connectivity index (χ2v) is 10.7. The fourth-order valence-electron chi connectivity index (χ4n) is 3.06. The van der Waals surface area contributed by atoms with Gasteiger partial charge in [0.05, 0.1) is 29.4 Å². The van der Waals surface area contributed by atoms with Crippen molar-refractivity contribution < 1.29 is 32.3 Å². The molecule has 10 heteroatoms. The molecule has 0 aliphatic rings. The molecule has 0 unspecified atom stereocenters. The first-order valence-corrected chi connectivity index (χ1v) is 13.3. The molecule has 3 aromatic rings. The molecule has 0 aliphatic heterocycles. The van der Waals surface area contributed by atoms with Crippen LogP contribution in [0.1, 0.15) is 28.6 Å². The number of benzene rings is 2. The van der Waals surface area contributed by atoms with Crippen LogP contribution >= 0.6 is 11.3 Å².